The third kappa shape index (κ3) is 4.22. The summed E-state index contributed by atoms with van der Waals surface area (Å²) in [6.07, 6.45) is 0. The van der Waals surface area contributed by atoms with Crippen LogP contribution in [0.3, 0.4) is 0 Å². The number of nitrogens with one attached hydrogen (secondary N) is 1. The van der Waals surface area contributed by atoms with E-state index in [0.717, 1.165) is 15.8 Å². The van der Waals surface area contributed by atoms with Crippen LogP contribution >= 0.6 is 23.4 Å². The quantitative estimate of drug-likeness (QED) is 0.538. The SMILES string of the molecule is NCC(CO)NC(=O)c1oc2ccccc2c1CSc1ccc(Cl)cc1. The number of rotatable bonds is 7. The molecule has 1 heterocycles. The van der Waals surface area contributed by atoms with Crippen LogP contribution in [0.25, 0.3) is 11.0 Å². The van der Waals surface area contributed by atoms with Gasteiger partial charge in [-0.05, 0) is 30.3 Å². The van der Waals surface area contributed by atoms with Crippen LogP contribution in [-0.4, -0.2) is 30.2 Å². The summed E-state index contributed by atoms with van der Waals surface area (Å²) in [6.45, 7) is -0.0747. The van der Waals surface area contributed by atoms with Crippen molar-refractivity contribution in [1.82, 2.24) is 5.32 Å². The lowest BCUT2D eigenvalue weighted by atomic mass is 10.1. The molecule has 0 aliphatic heterocycles. The number of aliphatic hydroxyl groups is 1. The second-order valence-corrected chi connectivity index (χ2v) is 7.22. The van der Waals surface area contributed by atoms with Gasteiger partial charge in [-0.2, -0.15) is 0 Å². The molecular formula is C19H19ClN2O3S. The summed E-state index contributed by atoms with van der Waals surface area (Å²) in [7, 11) is 0. The van der Waals surface area contributed by atoms with E-state index in [0.29, 0.717) is 16.4 Å². The molecule has 1 atom stereocenters. The Balaban J connectivity index is 1.89. The zero-order valence-corrected chi connectivity index (χ0v) is 15.5. The zero-order valence-electron chi connectivity index (χ0n) is 13.9. The third-order valence-electron chi connectivity index (χ3n) is 3.94. The van der Waals surface area contributed by atoms with Crippen molar-refractivity contribution in [2.75, 3.05) is 13.2 Å². The van der Waals surface area contributed by atoms with E-state index in [1.54, 1.807) is 11.8 Å². The molecule has 1 unspecified atom stereocenters. The lowest BCUT2D eigenvalue weighted by Crippen LogP contribution is -2.42. The van der Waals surface area contributed by atoms with E-state index in [1.807, 2.05) is 48.5 Å². The van der Waals surface area contributed by atoms with E-state index in [9.17, 15) is 9.90 Å². The number of fused-ring (bicyclic) bond motifs is 1. The van der Waals surface area contributed by atoms with Gasteiger partial charge >= 0.3 is 0 Å². The minimum absolute atomic E-state index is 0.150. The van der Waals surface area contributed by atoms with Gasteiger partial charge in [0.1, 0.15) is 5.58 Å². The maximum Gasteiger partial charge on any atom is 0.287 e. The molecule has 0 aliphatic carbocycles. The summed E-state index contributed by atoms with van der Waals surface area (Å²) >= 11 is 7.52. The summed E-state index contributed by atoms with van der Waals surface area (Å²) in [5.74, 6) is 0.436. The molecule has 0 spiro atoms. The van der Waals surface area contributed by atoms with Crippen LogP contribution in [0, 0.1) is 0 Å². The summed E-state index contributed by atoms with van der Waals surface area (Å²) in [4.78, 5) is 13.7. The maximum absolute atomic E-state index is 12.6. The Labute approximate surface area is 160 Å². The van der Waals surface area contributed by atoms with Crippen molar-refractivity contribution in [3.8, 4) is 0 Å². The zero-order chi connectivity index (χ0) is 18.5. The number of amides is 1. The number of aliphatic hydroxyl groups excluding tert-OH is 1. The van der Waals surface area contributed by atoms with Crippen molar-refractivity contribution in [1.29, 1.82) is 0 Å². The molecule has 3 aromatic rings. The van der Waals surface area contributed by atoms with Crippen molar-refractivity contribution < 1.29 is 14.3 Å². The summed E-state index contributed by atoms with van der Waals surface area (Å²) in [6, 6.07) is 14.6. The highest BCUT2D eigenvalue weighted by atomic mass is 35.5. The Kier molecular flexibility index (Phi) is 6.21. The fourth-order valence-corrected chi connectivity index (χ4v) is 3.59. The third-order valence-corrected chi connectivity index (χ3v) is 5.23. The number of para-hydroxylation sites is 1. The first-order valence-corrected chi connectivity index (χ1v) is 9.49. The number of hydrogen-bond donors (Lipinski definition) is 3. The number of benzene rings is 2. The molecule has 5 nitrogen and oxygen atoms in total. The second-order valence-electron chi connectivity index (χ2n) is 5.74. The summed E-state index contributed by atoms with van der Waals surface area (Å²) < 4.78 is 5.79. The van der Waals surface area contributed by atoms with Crippen molar-refractivity contribution in [3.05, 3.63) is 64.9 Å². The first kappa shape index (κ1) is 18.8. The van der Waals surface area contributed by atoms with E-state index < -0.39 is 6.04 Å². The average molecular weight is 391 g/mol. The number of furan rings is 1. The number of halogens is 1. The summed E-state index contributed by atoms with van der Waals surface area (Å²) in [5, 5.41) is 13.5. The van der Waals surface area contributed by atoms with E-state index >= 15 is 0 Å². The van der Waals surface area contributed by atoms with Gasteiger partial charge < -0.3 is 20.6 Å². The lowest BCUT2D eigenvalue weighted by Gasteiger charge is -2.13. The maximum atomic E-state index is 12.6. The van der Waals surface area contributed by atoms with Gasteiger partial charge in [0.25, 0.3) is 5.91 Å². The number of carbonyl (C=O) groups is 1. The molecule has 1 amide bonds. The molecule has 2 aromatic carbocycles. The fourth-order valence-electron chi connectivity index (χ4n) is 2.54. The van der Waals surface area contributed by atoms with Crippen LogP contribution in [0.1, 0.15) is 16.1 Å². The summed E-state index contributed by atoms with van der Waals surface area (Å²) in [5.41, 5.74) is 7.01. The van der Waals surface area contributed by atoms with Gasteiger partial charge in [-0.15, -0.1) is 11.8 Å². The molecule has 7 heteroatoms. The molecule has 0 aliphatic rings. The Hall–Kier alpha value is -1.99. The van der Waals surface area contributed by atoms with Gasteiger partial charge in [0.2, 0.25) is 0 Å². The predicted molar refractivity (Wildman–Crippen MR) is 105 cm³/mol. The van der Waals surface area contributed by atoms with E-state index in [2.05, 4.69) is 5.32 Å². The highest BCUT2D eigenvalue weighted by Crippen LogP contribution is 2.32. The molecule has 136 valence electrons. The Morgan fingerprint density at radius 3 is 2.65 bits per heavy atom. The average Bonchev–Trinajstić information content (AvgIpc) is 3.04. The van der Waals surface area contributed by atoms with E-state index in [-0.39, 0.29) is 24.8 Å². The van der Waals surface area contributed by atoms with Gasteiger partial charge in [0.15, 0.2) is 5.76 Å². The minimum atomic E-state index is -0.507. The van der Waals surface area contributed by atoms with Crippen molar-refractivity contribution in [2.24, 2.45) is 5.73 Å². The number of thioether (sulfide) groups is 1. The first-order valence-electron chi connectivity index (χ1n) is 8.13. The fraction of sp³-hybridized carbons (Fsp3) is 0.211. The number of hydrogen-bond acceptors (Lipinski definition) is 5. The normalized spacial score (nSPS) is 12.3. The standard InChI is InChI=1S/C19H19ClN2O3S/c20-12-5-7-14(8-6-12)26-11-16-15-3-1-2-4-17(15)25-18(16)19(24)22-13(9-21)10-23/h1-8,13,23H,9-11,21H2,(H,22,24). The molecular weight excluding hydrogens is 372 g/mol. The molecule has 26 heavy (non-hydrogen) atoms. The first-order chi connectivity index (χ1) is 12.6. The highest BCUT2D eigenvalue weighted by molar-refractivity contribution is 7.98. The van der Waals surface area contributed by atoms with E-state index in [1.165, 1.54) is 0 Å². The monoisotopic (exact) mass is 390 g/mol. The van der Waals surface area contributed by atoms with Crippen LogP contribution < -0.4 is 11.1 Å². The molecule has 0 saturated heterocycles. The largest absolute Gasteiger partial charge is 0.451 e. The minimum Gasteiger partial charge on any atom is -0.451 e. The Bertz CT molecular complexity index is 891. The van der Waals surface area contributed by atoms with Crippen LogP contribution in [-0.2, 0) is 5.75 Å². The van der Waals surface area contributed by atoms with Crippen molar-refractivity contribution >= 4 is 40.2 Å². The number of nitrogens with two attached hydrogens (primary N) is 1. The molecule has 0 bridgehead atoms. The smallest absolute Gasteiger partial charge is 0.287 e. The lowest BCUT2D eigenvalue weighted by molar-refractivity contribution is 0.0892. The number of carbonyl (C=O) groups excluding carboxylic acids is 1. The second kappa shape index (κ2) is 8.60. The van der Waals surface area contributed by atoms with Gasteiger partial charge in [-0.3, -0.25) is 4.79 Å². The molecule has 1 aromatic heterocycles. The van der Waals surface area contributed by atoms with Gasteiger partial charge in [-0.25, -0.2) is 0 Å². The predicted octanol–water partition coefficient (Wildman–Crippen LogP) is 3.43. The van der Waals surface area contributed by atoms with E-state index in [4.69, 9.17) is 21.8 Å². The molecule has 4 N–H and O–H groups in total. The van der Waals surface area contributed by atoms with Crippen molar-refractivity contribution in [2.45, 2.75) is 16.7 Å². The van der Waals surface area contributed by atoms with Crippen molar-refractivity contribution in [3.63, 3.8) is 0 Å². The van der Waals surface area contributed by atoms with Crippen LogP contribution in [0.4, 0.5) is 0 Å². The Morgan fingerprint density at radius 1 is 1.23 bits per heavy atom. The van der Waals surface area contributed by atoms with Gasteiger partial charge in [0, 0.05) is 33.2 Å². The molecule has 0 fully saturated rings. The highest BCUT2D eigenvalue weighted by Gasteiger charge is 2.22. The molecule has 3 rings (SSSR count). The van der Waals surface area contributed by atoms with Gasteiger partial charge in [-0.1, -0.05) is 29.8 Å². The van der Waals surface area contributed by atoms with Crippen LogP contribution in [0.2, 0.25) is 5.02 Å². The molecule has 0 saturated carbocycles. The van der Waals surface area contributed by atoms with Crippen LogP contribution in [0.5, 0.6) is 0 Å². The topological polar surface area (TPSA) is 88.5 Å². The van der Waals surface area contributed by atoms with Gasteiger partial charge in [0.05, 0.1) is 12.6 Å². The molecule has 0 radical (unpaired) electrons. The van der Waals surface area contributed by atoms with Crippen LogP contribution in [0.15, 0.2) is 57.8 Å². The Morgan fingerprint density at radius 2 is 1.96 bits per heavy atom.